The van der Waals surface area contributed by atoms with Gasteiger partial charge in [-0.1, -0.05) is 163 Å². The standard InChI is InChI=1S/C52H66O4/c1-5-7-9-11-13-15-28-51(29-16-14-12-10-8-6-2)46-33-38(3)20-24-42(46)44-26-22-40(35-48(44)51)41-23-27-45-43-25-21-39(4)34-47(43)52(49(45)36-41,30-17-19-50(54)55)31-18-32-56-37-53/h20-27,33-37H,5-19,28-32H2,1-4H3,(H,54,55). The Balaban J connectivity index is 1.43. The van der Waals surface area contributed by atoms with Crippen LogP contribution >= 0.6 is 0 Å². The van der Waals surface area contributed by atoms with Crippen molar-refractivity contribution in [3.05, 3.63) is 106 Å². The first-order valence-electron chi connectivity index (χ1n) is 22.1. The predicted octanol–water partition coefficient (Wildman–Crippen LogP) is 14.2. The SMILES string of the molecule is CCCCCCCCC1(CCCCCCCC)c2cc(C)ccc2-c2ccc(-c3ccc4c(c3)C(CCCOC=O)(CCCC(=O)O)c3cc(C)ccc3-4)cc21. The van der Waals surface area contributed by atoms with Crippen molar-refractivity contribution in [2.45, 2.75) is 161 Å². The summed E-state index contributed by atoms with van der Waals surface area (Å²) in [6.45, 7) is 9.87. The summed E-state index contributed by atoms with van der Waals surface area (Å²) in [7, 11) is 0. The van der Waals surface area contributed by atoms with E-state index in [0.29, 0.717) is 25.9 Å². The molecule has 56 heavy (non-hydrogen) atoms. The van der Waals surface area contributed by atoms with Crippen LogP contribution in [-0.2, 0) is 25.2 Å². The zero-order valence-corrected chi connectivity index (χ0v) is 34.8. The van der Waals surface area contributed by atoms with Gasteiger partial charge in [-0.15, -0.1) is 0 Å². The molecule has 4 heteroatoms. The number of aliphatic carboxylic acids is 1. The van der Waals surface area contributed by atoms with Crippen molar-refractivity contribution in [1.82, 2.24) is 0 Å². The van der Waals surface area contributed by atoms with Gasteiger partial charge in [0.25, 0.3) is 6.47 Å². The number of carbonyl (C=O) groups excluding carboxylic acids is 1. The Hall–Kier alpha value is -4.18. The first-order chi connectivity index (χ1) is 27.3. The largest absolute Gasteiger partial charge is 0.481 e. The van der Waals surface area contributed by atoms with Crippen LogP contribution in [0.2, 0.25) is 0 Å². The Kier molecular flexibility index (Phi) is 14.3. The number of unbranched alkanes of at least 4 members (excludes halogenated alkanes) is 10. The van der Waals surface area contributed by atoms with Crippen molar-refractivity contribution in [2.75, 3.05) is 6.61 Å². The number of rotatable bonds is 24. The lowest BCUT2D eigenvalue weighted by Crippen LogP contribution is -2.26. The summed E-state index contributed by atoms with van der Waals surface area (Å²) in [4.78, 5) is 22.9. The van der Waals surface area contributed by atoms with Crippen LogP contribution < -0.4 is 0 Å². The lowest BCUT2D eigenvalue weighted by atomic mass is 9.69. The first kappa shape index (κ1) is 41.5. The van der Waals surface area contributed by atoms with E-state index in [-0.39, 0.29) is 17.3 Å². The maximum atomic E-state index is 11.8. The van der Waals surface area contributed by atoms with E-state index in [9.17, 15) is 14.7 Å². The lowest BCUT2D eigenvalue weighted by molar-refractivity contribution is -0.137. The van der Waals surface area contributed by atoms with Crippen LogP contribution in [0.1, 0.15) is 169 Å². The maximum absolute atomic E-state index is 11.8. The Bertz CT molecular complexity index is 1940. The van der Waals surface area contributed by atoms with Crippen molar-refractivity contribution in [3.63, 3.8) is 0 Å². The highest BCUT2D eigenvalue weighted by Gasteiger charge is 2.44. The van der Waals surface area contributed by atoms with Gasteiger partial charge in [0, 0.05) is 17.3 Å². The van der Waals surface area contributed by atoms with E-state index in [1.54, 1.807) is 5.56 Å². The maximum Gasteiger partial charge on any atom is 0.303 e. The number of fused-ring (bicyclic) bond motifs is 6. The number of hydrogen-bond acceptors (Lipinski definition) is 3. The van der Waals surface area contributed by atoms with E-state index in [2.05, 4.69) is 100 Å². The molecule has 0 aliphatic heterocycles. The second kappa shape index (κ2) is 19.3. The molecule has 6 rings (SSSR count). The van der Waals surface area contributed by atoms with Gasteiger partial charge in [-0.3, -0.25) is 9.59 Å². The van der Waals surface area contributed by atoms with Gasteiger partial charge in [-0.05, 0) is 120 Å². The molecule has 0 amide bonds. The number of aryl methyl sites for hydroxylation is 2. The van der Waals surface area contributed by atoms with Crippen molar-refractivity contribution in [3.8, 4) is 33.4 Å². The van der Waals surface area contributed by atoms with E-state index in [1.807, 2.05) is 0 Å². The molecule has 0 aromatic heterocycles. The van der Waals surface area contributed by atoms with Crippen molar-refractivity contribution in [2.24, 2.45) is 0 Å². The molecule has 4 aromatic carbocycles. The summed E-state index contributed by atoms with van der Waals surface area (Å²) in [6.07, 6.45) is 20.9. The van der Waals surface area contributed by atoms with Gasteiger partial charge in [-0.25, -0.2) is 0 Å². The second-order valence-electron chi connectivity index (χ2n) is 17.1. The number of carbonyl (C=O) groups is 2. The van der Waals surface area contributed by atoms with Crippen LogP contribution in [0, 0.1) is 13.8 Å². The molecular formula is C52H66O4. The molecule has 0 saturated carbocycles. The zero-order valence-electron chi connectivity index (χ0n) is 34.8. The molecule has 0 heterocycles. The van der Waals surface area contributed by atoms with Gasteiger partial charge in [0.2, 0.25) is 0 Å². The van der Waals surface area contributed by atoms with E-state index in [0.717, 1.165) is 12.8 Å². The Morgan fingerprint density at radius 1 is 0.536 bits per heavy atom. The average molecular weight is 755 g/mol. The number of carboxylic acids is 1. The fourth-order valence-electron chi connectivity index (χ4n) is 10.4. The average Bonchev–Trinajstić information content (AvgIpc) is 3.61. The minimum absolute atomic E-state index is 0.00582. The molecule has 298 valence electrons. The minimum Gasteiger partial charge on any atom is -0.481 e. The van der Waals surface area contributed by atoms with Crippen LogP contribution in [0.5, 0.6) is 0 Å². The molecule has 1 unspecified atom stereocenters. The summed E-state index contributed by atoms with van der Waals surface area (Å²) < 4.78 is 5.20. The van der Waals surface area contributed by atoms with Gasteiger partial charge >= 0.3 is 5.97 Å². The third-order valence-corrected chi connectivity index (χ3v) is 13.2. The van der Waals surface area contributed by atoms with Gasteiger partial charge in [-0.2, -0.15) is 0 Å². The molecule has 2 aliphatic carbocycles. The monoisotopic (exact) mass is 754 g/mol. The van der Waals surface area contributed by atoms with E-state index in [1.165, 1.54) is 151 Å². The highest BCUT2D eigenvalue weighted by atomic mass is 16.5. The first-order valence-corrected chi connectivity index (χ1v) is 22.1. The van der Waals surface area contributed by atoms with Gasteiger partial charge in [0.1, 0.15) is 0 Å². The van der Waals surface area contributed by atoms with Crippen LogP contribution in [0.15, 0.2) is 72.8 Å². The van der Waals surface area contributed by atoms with Gasteiger partial charge in [0.15, 0.2) is 0 Å². The third kappa shape index (κ3) is 8.85. The molecule has 0 spiro atoms. The van der Waals surface area contributed by atoms with Gasteiger partial charge in [0.05, 0.1) is 6.61 Å². The quantitative estimate of drug-likeness (QED) is 0.0571. The minimum atomic E-state index is -0.763. The van der Waals surface area contributed by atoms with Crippen LogP contribution in [0.4, 0.5) is 0 Å². The Labute approximate surface area is 337 Å². The van der Waals surface area contributed by atoms with Crippen molar-refractivity contribution in [1.29, 1.82) is 0 Å². The molecule has 1 N–H and O–H groups in total. The van der Waals surface area contributed by atoms with Crippen LogP contribution in [-0.4, -0.2) is 24.2 Å². The number of hydrogen-bond donors (Lipinski definition) is 1. The highest BCUT2D eigenvalue weighted by Crippen LogP contribution is 2.57. The topological polar surface area (TPSA) is 63.6 Å². The highest BCUT2D eigenvalue weighted by molar-refractivity contribution is 5.87. The summed E-state index contributed by atoms with van der Waals surface area (Å²) >= 11 is 0. The number of carboxylic acid groups (broad SMARTS) is 1. The third-order valence-electron chi connectivity index (χ3n) is 13.2. The molecule has 0 bridgehead atoms. The smallest absolute Gasteiger partial charge is 0.303 e. The molecule has 2 aliphatic rings. The summed E-state index contributed by atoms with van der Waals surface area (Å²) in [5.74, 6) is -0.763. The molecular weight excluding hydrogens is 689 g/mol. The molecule has 0 fully saturated rings. The van der Waals surface area contributed by atoms with E-state index in [4.69, 9.17) is 4.74 Å². The second-order valence-corrected chi connectivity index (χ2v) is 17.1. The number of benzene rings is 4. The molecule has 4 nitrogen and oxygen atoms in total. The van der Waals surface area contributed by atoms with Crippen molar-refractivity contribution < 1.29 is 19.4 Å². The Morgan fingerprint density at radius 2 is 0.929 bits per heavy atom. The van der Waals surface area contributed by atoms with E-state index >= 15 is 0 Å². The summed E-state index contributed by atoms with van der Waals surface area (Å²) in [6, 6.07) is 28.3. The number of ether oxygens (including phenoxy) is 1. The van der Waals surface area contributed by atoms with Crippen molar-refractivity contribution >= 4 is 12.4 Å². The summed E-state index contributed by atoms with van der Waals surface area (Å²) in [5, 5.41) is 9.69. The van der Waals surface area contributed by atoms with E-state index < -0.39 is 5.97 Å². The molecule has 0 saturated heterocycles. The zero-order chi connectivity index (χ0) is 39.5. The molecule has 0 radical (unpaired) electrons. The van der Waals surface area contributed by atoms with Gasteiger partial charge < -0.3 is 9.84 Å². The van der Waals surface area contributed by atoms with Crippen LogP contribution in [0.3, 0.4) is 0 Å². The lowest BCUT2D eigenvalue weighted by Gasteiger charge is -2.34. The predicted molar refractivity (Wildman–Crippen MR) is 233 cm³/mol. The normalized spacial score (nSPS) is 15.9. The Morgan fingerprint density at radius 3 is 1.38 bits per heavy atom. The fraction of sp³-hybridized carbons (Fsp3) is 0.500. The molecule has 1 atom stereocenters. The molecule has 4 aromatic rings. The van der Waals surface area contributed by atoms with Crippen LogP contribution in [0.25, 0.3) is 33.4 Å². The summed E-state index contributed by atoms with van der Waals surface area (Å²) in [5.41, 5.74) is 15.6. The fourth-order valence-corrected chi connectivity index (χ4v) is 10.4.